The SMILES string of the molecule is [C-]#[N+]c1cc(C)c(Cl)c(C(C)(C)C)n1. The first-order valence-corrected chi connectivity index (χ1v) is 4.79. The number of hydrogen-bond donors (Lipinski definition) is 0. The number of hydrogen-bond acceptors (Lipinski definition) is 1. The van der Waals surface area contributed by atoms with Gasteiger partial charge in [0, 0.05) is 5.41 Å². The molecule has 0 radical (unpaired) electrons. The first-order valence-electron chi connectivity index (χ1n) is 4.41. The number of aryl methyl sites for hydroxylation is 1. The van der Waals surface area contributed by atoms with Crippen LogP contribution in [0.25, 0.3) is 4.85 Å². The molecular weight excluding hydrogens is 196 g/mol. The summed E-state index contributed by atoms with van der Waals surface area (Å²) >= 11 is 6.14. The lowest BCUT2D eigenvalue weighted by Gasteiger charge is -2.16. The average molecular weight is 209 g/mol. The first kappa shape index (κ1) is 11.0. The maximum Gasteiger partial charge on any atom is 0.270 e. The Morgan fingerprint density at radius 3 is 2.43 bits per heavy atom. The van der Waals surface area contributed by atoms with Crippen LogP contribution in [0.4, 0.5) is 5.82 Å². The normalized spacial score (nSPS) is 11.1. The number of pyridine rings is 1. The Balaban J connectivity index is 3.44. The van der Waals surface area contributed by atoms with Crippen molar-refractivity contribution in [3.63, 3.8) is 0 Å². The summed E-state index contributed by atoms with van der Waals surface area (Å²) in [6, 6.07) is 1.71. The van der Waals surface area contributed by atoms with Gasteiger partial charge in [0.05, 0.1) is 5.02 Å². The lowest BCUT2D eigenvalue weighted by molar-refractivity contribution is 0.570. The van der Waals surface area contributed by atoms with E-state index >= 15 is 0 Å². The van der Waals surface area contributed by atoms with Crippen LogP contribution in [0.3, 0.4) is 0 Å². The Bertz CT molecular complexity index is 397. The van der Waals surface area contributed by atoms with E-state index in [9.17, 15) is 0 Å². The Kier molecular flexibility index (Phi) is 2.82. The third-order valence-corrected chi connectivity index (χ3v) is 2.43. The maximum absolute atomic E-state index is 6.93. The second-order valence-electron chi connectivity index (χ2n) is 4.32. The Labute approximate surface area is 89.7 Å². The molecule has 0 saturated heterocycles. The summed E-state index contributed by atoms with van der Waals surface area (Å²) in [5, 5.41) is 0.671. The number of halogens is 1. The lowest BCUT2D eigenvalue weighted by Crippen LogP contribution is -2.14. The van der Waals surface area contributed by atoms with E-state index in [2.05, 4.69) is 9.83 Å². The minimum Gasteiger partial charge on any atom is -0.361 e. The molecule has 0 saturated carbocycles. The minimum absolute atomic E-state index is 0.122. The molecule has 0 N–H and O–H groups in total. The minimum atomic E-state index is -0.122. The molecule has 1 heterocycles. The van der Waals surface area contributed by atoms with E-state index in [1.165, 1.54) is 0 Å². The fraction of sp³-hybridized carbons (Fsp3) is 0.455. The van der Waals surface area contributed by atoms with Crippen molar-refractivity contribution in [1.82, 2.24) is 4.98 Å². The molecule has 0 aliphatic heterocycles. The van der Waals surface area contributed by atoms with E-state index < -0.39 is 0 Å². The van der Waals surface area contributed by atoms with Crippen LogP contribution >= 0.6 is 11.6 Å². The molecule has 0 amide bonds. The van der Waals surface area contributed by atoms with E-state index in [-0.39, 0.29) is 5.41 Å². The molecule has 0 aliphatic carbocycles. The molecule has 0 fully saturated rings. The Hall–Kier alpha value is -1.07. The molecule has 14 heavy (non-hydrogen) atoms. The molecule has 2 nitrogen and oxygen atoms in total. The molecule has 74 valence electrons. The molecule has 0 atom stereocenters. The van der Waals surface area contributed by atoms with Gasteiger partial charge in [0.25, 0.3) is 5.82 Å². The van der Waals surface area contributed by atoms with E-state index in [0.717, 1.165) is 11.3 Å². The Morgan fingerprint density at radius 2 is 2.00 bits per heavy atom. The smallest absolute Gasteiger partial charge is 0.270 e. The van der Waals surface area contributed by atoms with Crippen LogP contribution in [0.5, 0.6) is 0 Å². The van der Waals surface area contributed by atoms with Crippen LogP contribution in [0.15, 0.2) is 6.07 Å². The zero-order chi connectivity index (χ0) is 10.9. The lowest BCUT2D eigenvalue weighted by atomic mass is 9.91. The second kappa shape index (κ2) is 3.59. The third-order valence-electron chi connectivity index (χ3n) is 1.95. The number of nitrogens with zero attached hydrogens (tertiary/aromatic N) is 2. The van der Waals surface area contributed by atoms with E-state index in [1.54, 1.807) is 6.07 Å². The molecule has 0 unspecified atom stereocenters. The van der Waals surface area contributed by atoms with Gasteiger partial charge < -0.3 is 4.85 Å². The van der Waals surface area contributed by atoms with Gasteiger partial charge in [-0.3, -0.25) is 0 Å². The highest BCUT2D eigenvalue weighted by Gasteiger charge is 2.24. The van der Waals surface area contributed by atoms with Crippen molar-refractivity contribution in [3.05, 3.63) is 33.8 Å². The summed E-state index contributed by atoms with van der Waals surface area (Å²) in [5.74, 6) is 0.414. The van der Waals surface area contributed by atoms with Crippen molar-refractivity contribution in [1.29, 1.82) is 0 Å². The van der Waals surface area contributed by atoms with Crippen LogP contribution < -0.4 is 0 Å². The molecule has 0 spiro atoms. The van der Waals surface area contributed by atoms with Crippen LogP contribution in [-0.4, -0.2) is 4.98 Å². The third kappa shape index (κ3) is 2.05. The predicted molar refractivity (Wildman–Crippen MR) is 58.9 cm³/mol. The van der Waals surface area contributed by atoms with Crippen molar-refractivity contribution in [2.75, 3.05) is 0 Å². The quantitative estimate of drug-likeness (QED) is 0.592. The van der Waals surface area contributed by atoms with E-state index in [0.29, 0.717) is 10.8 Å². The van der Waals surface area contributed by atoms with Gasteiger partial charge in [-0.15, -0.1) is 4.98 Å². The number of aromatic nitrogens is 1. The van der Waals surface area contributed by atoms with Crippen molar-refractivity contribution in [2.24, 2.45) is 0 Å². The summed E-state index contributed by atoms with van der Waals surface area (Å²) in [4.78, 5) is 7.56. The van der Waals surface area contributed by atoms with Crippen LogP contribution in [0.2, 0.25) is 5.02 Å². The zero-order valence-corrected chi connectivity index (χ0v) is 9.61. The van der Waals surface area contributed by atoms with Crippen LogP contribution in [0.1, 0.15) is 32.0 Å². The highest BCUT2D eigenvalue weighted by molar-refractivity contribution is 6.32. The van der Waals surface area contributed by atoms with Gasteiger partial charge in [0.1, 0.15) is 0 Å². The van der Waals surface area contributed by atoms with Crippen molar-refractivity contribution < 1.29 is 0 Å². The predicted octanol–water partition coefficient (Wildman–Crippen LogP) is 3.89. The molecule has 1 aromatic heterocycles. The van der Waals surface area contributed by atoms with Crippen molar-refractivity contribution >= 4 is 17.4 Å². The van der Waals surface area contributed by atoms with Gasteiger partial charge in [-0.25, -0.2) is 0 Å². The standard InChI is InChI=1S/C11H13ClN2/c1-7-6-8(13-5)14-10(9(7)12)11(2,3)4/h6H,1-4H3. The zero-order valence-electron chi connectivity index (χ0n) is 8.85. The fourth-order valence-electron chi connectivity index (χ4n) is 1.19. The van der Waals surface area contributed by atoms with Crippen LogP contribution in [0, 0.1) is 13.5 Å². The van der Waals surface area contributed by atoms with Gasteiger partial charge in [-0.05, 0) is 18.6 Å². The number of rotatable bonds is 0. The largest absolute Gasteiger partial charge is 0.361 e. The van der Waals surface area contributed by atoms with Gasteiger partial charge >= 0.3 is 0 Å². The average Bonchev–Trinajstić information content (AvgIpc) is 2.07. The van der Waals surface area contributed by atoms with Crippen LogP contribution in [-0.2, 0) is 5.41 Å². The van der Waals surface area contributed by atoms with Gasteiger partial charge in [0.2, 0.25) is 0 Å². The summed E-state index contributed by atoms with van der Waals surface area (Å²) in [6.45, 7) is 14.9. The fourth-order valence-corrected chi connectivity index (χ4v) is 1.57. The Morgan fingerprint density at radius 1 is 1.43 bits per heavy atom. The molecular formula is C11H13ClN2. The highest BCUT2D eigenvalue weighted by Crippen LogP contribution is 2.32. The van der Waals surface area contributed by atoms with E-state index in [4.69, 9.17) is 18.2 Å². The topological polar surface area (TPSA) is 17.2 Å². The summed E-state index contributed by atoms with van der Waals surface area (Å²) in [6.07, 6.45) is 0. The van der Waals surface area contributed by atoms with Gasteiger partial charge in [-0.2, -0.15) is 0 Å². The highest BCUT2D eigenvalue weighted by atomic mass is 35.5. The summed E-state index contributed by atoms with van der Waals surface area (Å²) < 4.78 is 0. The van der Waals surface area contributed by atoms with E-state index in [1.807, 2.05) is 27.7 Å². The second-order valence-corrected chi connectivity index (χ2v) is 4.70. The molecule has 0 aromatic carbocycles. The van der Waals surface area contributed by atoms with Gasteiger partial charge in [-0.1, -0.05) is 38.9 Å². The molecule has 3 heteroatoms. The first-order chi connectivity index (χ1) is 6.36. The summed E-state index contributed by atoms with van der Waals surface area (Å²) in [5.41, 5.74) is 1.59. The van der Waals surface area contributed by atoms with Crippen molar-refractivity contribution in [2.45, 2.75) is 33.1 Å². The molecule has 1 aromatic rings. The molecule has 0 aliphatic rings. The molecule has 1 rings (SSSR count). The van der Waals surface area contributed by atoms with Gasteiger partial charge in [0.15, 0.2) is 5.69 Å². The van der Waals surface area contributed by atoms with Crippen molar-refractivity contribution in [3.8, 4) is 0 Å². The molecule has 0 bridgehead atoms. The monoisotopic (exact) mass is 208 g/mol. The summed E-state index contributed by atoms with van der Waals surface area (Å²) in [7, 11) is 0. The maximum atomic E-state index is 6.93.